The van der Waals surface area contributed by atoms with Crippen molar-refractivity contribution in [2.45, 2.75) is 19.8 Å². The predicted molar refractivity (Wildman–Crippen MR) is 110 cm³/mol. The summed E-state index contributed by atoms with van der Waals surface area (Å²) in [5.74, 6) is 1.39. The standard InChI is InChI=1S/C21H26N2O4S/c1-17-12-14-22(15-13-17)21(24)16-23(28(2,25)26)19-10-6-7-11-20(19)27-18-8-4-3-5-9-18/h3-11,17H,12-16H2,1-2H3. The number of carbonyl (C=O) groups is 1. The Kier molecular flexibility index (Phi) is 6.24. The maximum atomic E-state index is 12.8. The molecule has 1 amide bonds. The molecule has 1 aliphatic heterocycles. The number of sulfonamides is 1. The van der Waals surface area contributed by atoms with Crippen LogP contribution >= 0.6 is 0 Å². The number of likely N-dealkylation sites (tertiary alicyclic amines) is 1. The molecule has 0 N–H and O–H groups in total. The molecule has 0 bridgehead atoms. The van der Waals surface area contributed by atoms with Crippen LogP contribution in [0.3, 0.4) is 0 Å². The summed E-state index contributed by atoms with van der Waals surface area (Å²) >= 11 is 0. The molecule has 0 unspecified atom stereocenters. The average Bonchev–Trinajstić information content (AvgIpc) is 2.67. The summed E-state index contributed by atoms with van der Waals surface area (Å²) in [5.41, 5.74) is 0.354. The Balaban J connectivity index is 1.85. The van der Waals surface area contributed by atoms with E-state index in [-0.39, 0.29) is 12.5 Å². The van der Waals surface area contributed by atoms with Gasteiger partial charge in [0.15, 0.2) is 5.75 Å². The van der Waals surface area contributed by atoms with E-state index in [1.165, 1.54) is 0 Å². The van der Waals surface area contributed by atoms with Crippen LogP contribution in [-0.4, -0.2) is 45.1 Å². The van der Waals surface area contributed by atoms with Gasteiger partial charge in [-0.25, -0.2) is 8.42 Å². The molecule has 1 fully saturated rings. The van der Waals surface area contributed by atoms with E-state index in [2.05, 4.69) is 6.92 Å². The molecule has 7 heteroatoms. The number of rotatable bonds is 6. The molecule has 0 spiro atoms. The van der Waals surface area contributed by atoms with Crippen LogP contribution < -0.4 is 9.04 Å². The molecular formula is C21H26N2O4S. The molecule has 150 valence electrons. The van der Waals surface area contributed by atoms with Crippen molar-refractivity contribution in [2.24, 2.45) is 5.92 Å². The van der Waals surface area contributed by atoms with Gasteiger partial charge >= 0.3 is 0 Å². The number of hydrogen-bond acceptors (Lipinski definition) is 4. The third-order valence-corrected chi connectivity index (χ3v) is 6.05. The second-order valence-electron chi connectivity index (χ2n) is 7.22. The Bertz CT molecular complexity index is 907. The zero-order valence-corrected chi connectivity index (χ0v) is 17.1. The molecule has 2 aromatic carbocycles. The average molecular weight is 403 g/mol. The van der Waals surface area contributed by atoms with Gasteiger partial charge in [-0.2, -0.15) is 0 Å². The van der Waals surface area contributed by atoms with Gasteiger partial charge in [-0.1, -0.05) is 37.3 Å². The number of carbonyl (C=O) groups excluding carboxylic acids is 1. The summed E-state index contributed by atoms with van der Waals surface area (Å²) in [4.78, 5) is 14.5. The molecule has 3 rings (SSSR count). The molecule has 6 nitrogen and oxygen atoms in total. The summed E-state index contributed by atoms with van der Waals surface area (Å²) in [6.07, 6.45) is 2.99. The van der Waals surface area contributed by atoms with Gasteiger partial charge in [0, 0.05) is 13.1 Å². The minimum Gasteiger partial charge on any atom is -0.455 e. The highest BCUT2D eigenvalue weighted by Gasteiger charge is 2.28. The van der Waals surface area contributed by atoms with Crippen molar-refractivity contribution < 1.29 is 17.9 Å². The van der Waals surface area contributed by atoms with Gasteiger partial charge in [0.2, 0.25) is 15.9 Å². The second-order valence-corrected chi connectivity index (χ2v) is 9.12. The molecule has 1 saturated heterocycles. The smallest absolute Gasteiger partial charge is 0.243 e. The maximum absolute atomic E-state index is 12.8. The van der Waals surface area contributed by atoms with E-state index >= 15 is 0 Å². The van der Waals surface area contributed by atoms with Gasteiger partial charge in [0.25, 0.3) is 0 Å². The van der Waals surface area contributed by atoms with E-state index in [0.29, 0.717) is 36.2 Å². The first-order valence-corrected chi connectivity index (χ1v) is 11.3. The monoisotopic (exact) mass is 402 g/mol. The number of anilines is 1. The lowest BCUT2D eigenvalue weighted by molar-refractivity contribution is -0.130. The fraction of sp³-hybridized carbons (Fsp3) is 0.381. The predicted octanol–water partition coefficient (Wildman–Crippen LogP) is 3.50. The fourth-order valence-corrected chi connectivity index (χ4v) is 4.08. The Morgan fingerprint density at radius 3 is 2.32 bits per heavy atom. The zero-order valence-electron chi connectivity index (χ0n) is 16.2. The lowest BCUT2D eigenvalue weighted by atomic mass is 9.99. The minimum absolute atomic E-state index is 0.188. The highest BCUT2D eigenvalue weighted by Crippen LogP contribution is 2.33. The molecule has 0 aliphatic carbocycles. The van der Waals surface area contributed by atoms with Crippen molar-refractivity contribution >= 4 is 21.6 Å². The van der Waals surface area contributed by atoms with Crippen molar-refractivity contribution in [3.8, 4) is 11.5 Å². The normalized spacial score (nSPS) is 15.3. The lowest BCUT2D eigenvalue weighted by Gasteiger charge is -2.32. The minimum atomic E-state index is -3.67. The van der Waals surface area contributed by atoms with Crippen LogP contribution in [0, 0.1) is 5.92 Å². The molecule has 0 atom stereocenters. The number of benzene rings is 2. The molecule has 0 aromatic heterocycles. The first-order valence-electron chi connectivity index (χ1n) is 9.42. The van der Waals surface area contributed by atoms with Crippen LogP contribution in [0.5, 0.6) is 11.5 Å². The Labute approximate surface area is 166 Å². The molecule has 0 radical (unpaired) electrons. The number of piperidine rings is 1. The number of nitrogens with zero attached hydrogens (tertiary/aromatic N) is 2. The number of para-hydroxylation sites is 3. The Morgan fingerprint density at radius 1 is 1.07 bits per heavy atom. The summed E-state index contributed by atoms with van der Waals surface area (Å²) in [7, 11) is -3.67. The van der Waals surface area contributed by atoms with Crippen LogP contribution in [0.4, 0.5) is 5.69 Å². The van der Waals surface area contributed by atoms with Crippen molar-refractivity contribution in [2.75, 3.05) is 30.2 Å². The quantitative estimate of drug-likeness (QED) is 0.742. The fourth-order valence-electron chi connectivity index (χ4n) is 3.23. The maximum Gasteiger partial charge on any atom is 0.243 e. The summed E-state index contributed by atoms with van der Waals surface area (Å²) in [6, 6.07) is 16.0. The van der Waals surface area contributed by atoms with E-state index in [1.807, 2.05) is 18.2 Å². The van der Waals surface area contributed by atoms with Crippen LogP contribution in [0.2, 0.25) is 0 Å². The van der Waals surface area contributed by atoms with Gasteiger partial charge in [-0.15, -0.1) is 0 Å². The summed E-state index contributed by atoms with van der Waals surface area (Å²) in [6.45, 7) is 3.27. The third kappa shape index (κ3) is 5.04. The molecule has 1 aliphatic rings. The summed E-state index contributed by atoms with van der Waals surface area (Å²) in [5, 5.41) is 0. The van der Waals surface area contributed by atoms with Crippen molar-refractivity contribution in [1.82, 2.24) is 4.90 Å². The molecular weight excluding hydrogens is 376 g/mol. The first-order chi connectivity index (χ1) is 13.3. The van der Waals surface area contributed by atoms with E-state index in [4.69, 9.17) is 4.74 Å². The van der Waals surface area contributed by atoms with Crippen LogP contribution in [0.25, 0.3) is 0 Å². The number of ether oxygens (including phenoxy) is 1. The molecule has 1 heterocycles. The van der Waals surface area contributed by atoms with Crippen molar-refractivity contribution in [1.29, 1.82) is 0 Å². The van der Waals surface area contributed by atoms with Crippen LogP contribution in [0.1, 0.15) is 19.8 Å². The summed E-state index contributed by atoms with van der Waals surface area (Å²) < 4.78 is 32.0. The van der Waals surface area contributed by atoms with Crippen molar-refractivity contribution in [3.05, 3.63) is 54.6 Å². The van der Waals surface area contributed by atoms with Gasteiger partial charge in [0.05, 0.1) is 11.9 Å². The number of hydrogen-bond donors (Lipinski definition) is 0. The van der Waals surface area contributed by atoms with Gasteiger partial charge in [-0.3, -0.25) is 9.10 Å². The second kappa shape index (κ2) is 8.65. The topological polar surface area (TPSA) is 66.9 Å². The molecule has 0 saturated carbocycles. The van der Waals surface area contributed by atoms with Gasteiger partial charge in [-0.05, 0) is 43.0 Å². The molecule has 28 heavy (non-hydrogen) atoms. The largest absolute Gasteiger partial charge is 0.455 e. The number of amides is 1. The Hall–Kier alpha value is -2.54. The van der Waals surface area contributed by atoms with E-state index in [1.54, 1.807) is 41.3 Å². The Morgan fingerprint density at radius 2 is 1.68 bits per heavy atom. The molecule has 2 aromatic rings. The van der Waals surface area contributed by atoms with Crippen LogP contribution in [0.15, 0.2) is 54.6 Å². The van der Waals surface area contributed by atoms with E-state index in [9.17, 15) is 13.2 Å². The van der Waals surface area contributed by atoms with Gasteiger partial charge in [0.1, 0.15) is 12.3 Å². The zero-order chi connectivity index (χ0) is 20.1. The van der Waals surface area contributed by atoms with Gasteiger partial charge < -0.3 is 9.64 Å². The van der Waals surface area contributed by atoms with Crippen molar-refractivity contribution in [3.63, 3.8) is 0 Å². The SMILES string of the molecule is CC1CCN(C(=O)CN(c2ccccc2Oc2ccccc2)S(C)(=O)=O)CC1. The highest BCUT2D eigenvalue weighted by atomic mass is 32.2. The van der Waals surface area contributed by atoms with Crippen LogP contribution in [-0.2, 0) is 14.8 Å². The van der Waals surface area contributed by atoms with E-state index < -0.39 is 10.0 Å². The third-order valence-electron chi connectivity index (χ3n) is 4.92. The highest BCUT2D eigenvalue weighted by molar-refractivity contribution is 7.92. The first kappa shape index (κ1) is 20.2. The van der Waals surface area contributed by atoms with E-state index in [0.717, 1.165) is 23.4 Å². The lowest BCUT2D eigenvalue weighted by Crippen LogP contribution is -2.45.